The van der Waals surface area contributed by atoms with E-state index in [1.54, 1.807) is 24.3 Å². The van der Waals surface area contributed by atoms with Crippen LogP contribution in [0, 0.1) is 6.92 Å². The van der Waals surface area contributed by atoms with Gasteiger partial charge in [0.15, 0.2) is 0 Å². The Labute approximate surface area is 160 Å². The highest BCUT2D eigenvalue weighted by Crippen LogP contribution is 2.23. The Kier molecular flexibility index (Phi) is 6.26. The molecule has 3 heteroatoms. The highest BCUT2D eigenvalue weighted by atomic mass is 16.5. The Morgan fingerprint density at radius 2 is 1.33 bits per heavy atom. The first kappa shape index (κ1) is 18.7. The number of carbonyl (C=O) groups is 1. The number of ether oxygens (including phenoxy) is 2. The van der Waals surface area contributed by atoms with E-state index in [1.165, 1.54) is 0 Å². The molecule has 0 heterocycles. The molecule has 0 amide bonds. The minimum atomic E-state index is -0.356. The zero-order valence-corrected chi connectivity index (χ0v) is 15.8. The quantitative estimate of drug-likeness (QED) is 0.292. The van der Waals surface area contributed by atoms with Crippen LogP contribution in [0.4, 0.5) is 0 Å². The van der Waals surface area contributed by atoms with E-state index in [2.05, 4.69) is 6.92 Å². The van der Waals surface area contributed by atoms with Crippen LogP contribution in [-0.2, 0) is 0 Å². The standard InChI is InChI=1S/C24H24O3/c1-3-4-17-26-22-15-11-20(12-16-22)19-7-9-21(10-8-19)24(25)27-23-13-5-18(2)6-14-23/h5-16H,3-4,17H2,1-2H3. The van der Waals surface area contributed by atoms with Gasteiger partial charge in [-0.3, -0.25) is 0 Å². The predicted molar refractivity (Wildman–Crippen MR) is 108 cm³/mol. The first-order valence-corrected chi connectivity index (χ1v) is 9.28. The summed E-state index contributed by atoms with van der Waals surface area (Å²) in [6, 6.07) is 22.9. The molecule has 0 saturated carbocycles. The fourth-order valence-electron chi connectivity index (χ4n) is 2.65. The second-order valence-corrected chi connectivity index (χ2v) is 6.51. The lowest BCUT2D eigenvalue weighted by molar-refractivity contribution is 0.0735. The summed E-state index contributed by atoms with van der Waals surface area (Å²) in [5.74, 6) is 1.07. The van der Waals surface area contributed by atoms with Crippen molar-refractivity contribution in [2.75, 3.05) is 6.61 Å². The smallest absolute Gasteiger partial charge is 0.343 e. The van der Waals surface area contributed by atoms with Gasteiger partial charge >= 0.3 is 5.97 Å². The fourth-order valence-corrected chi connectivity index (χ4v) is 2.65. The average molecular weight is 360 g/mol. The molecule has 0 fully saturated rings. The monoisotopic (exact) mass is 360 g/mol. The molecule has 0 aliphatic heterocycles. The summed E-state index contributed by atoms with van der Waals surface area (Å²) in [5, 5.41) is 0. The molecule has 0 spiro atoms. The van der Waals surface area contributed by atoms with Gasteiger partial charge in [0.25, 0.3) is 0 Å². The van der Waals surface area contributed by atoms with Crippen molar-refractivity contribution in [3.05, 3.63) is 83.9 Å². The zero-order valence-electron chi connectivity index (χ0n) is 15.8. The van der Waals surface area contributed by atoms with Crippen molar-refractivity contribution in [1.82, 2.24) is 0 Å². The van der Waals surface area contributed by atoms with Gasteiger partial charge in [-0.1, -0.05) is 55.3 Å². The van der Waals surface area contributed by atoms with Crippen molar-refractivity contribution >= 4 is 5.97 Å². The highest BCUT2D eigenvalue weighted by molar-refractivity contribution is 5.91. The maximum absolute atomic E-state index is 12.3. The van der Waals surface area contributed by atoms with E-state index >= 15 is 0 Å². The number of hydrogen-bond donors (Lipinski definition) is 0. The van der Waals surface area contributed by atoms with Gasteiger partial charge in [0, 0.05) is 0 Å². The fraction of sp³-hybridized carbons (Fsp3) is 0.208. The van der Waals surface area contributed by atoms with Crippen LogP contribution in [0.5, 0.6) is 11.5 Å². The lowest BCUT2D eigenvalue weighted by atomic mass is 10.0. The lowest BCUT2D eigenvalue weighted by Gasteiger charge is -2.08. The second-order valence-electron chi connectivity index (χ2n) is 6.51. The molecular formula is C24H24O3. The zero-order chi connectivity index (χ0) is 19.1. The van der Waals surface area contributed by atoms with Gasteiger partial charge in [0.2, 0.25) is 0 Å². The van der Waals surface area contributed by atoms with Gasteiger partial charge in [-0.25, -0.2) is 4.79 Å². The van der Waals surface area contributed by atoms with E-state index in [1.807, 2.05) is 55.5 Å². The SMILES string of the molecule is CCCCOc1ccc(-c2ccc(C(=O)Oc3ccc(C)cc3)cc2)cc1. The summed E-state index contributed by atoms with van der Waals surface area (Å²) in [7, 11) is 0. The van der Waals surface area contributed by atoms with E-state index < -0.39 is 0 Å². The first-order valence-electron chi connectivity index (χ1n) is 9.28. The minimum absolute atomic E-state index is 0.356. The lowest BCUT2D eigenvalue weighted by Crippen LogP contribution is -2.08. The normalized spacial score (nSPS) is 10.4. The Bertz CT molecular complexity index is 863. The number of rotatable bonds is 7. The molecule has 27 heavy (non-hydrogen) atoms. The van der Waals surface area contributed by atoms with Crippen LogP contribution in [0.1, 0.15) is 35.7 Å². The number of benzene rings is 3. The Morgan fingerprint density at radius 3 is 1.93 bits per heavy atom. The van der Waals surface area contributed by atoms with Crippen molar-refractivity contribution in [1.29, 1.82) is 0 Å². The Hall–Kier alpha value is -3.07. The summed E-state index contributed by atoms with van der Waals surface area (Å²) in [6.07, 6.45) is 2.18. The number of hydrogen-bond acceptors (Lipinski definition) is 3. The third-order valence-corrected chi connectivity index (χ3v) is 4.31. The van der Waals surface area contributed by atoms with Crippen molar-refractivity contribution in [3.63, 3.8) is 0 Å². The molecule has 0 radical (unpaired) electrons. The molecule has 3 rings (SSSR count). The maximum Gasteiger partial charge on any atom is 0.343 e. The first-order chi connectivity index (χ1) is 13.2. The summed E-state index contributed by atoms with van der Waals surface area (Å²) in [4.78, 5) is 12.3. The topological polar surface area (TPSA) is 35.5 Å². The Balaban J connectivity index is 1.64. The van der Waals surface area contributed by atoms with Gasteiger partial charge in [0.1, 0.15) is 11.5 Å². The van der Waals surface area contributed by atoms with Crippen LogP contribution in [0.25, 0.3) is 11.1 Å². The third kappa shape index (κ3) is 5.20. The van der Waals surface area contributed by atoms with Crippen molar-refractivity contribution in [2.24, 2.45) is 0 Å². The van der Waals surface area contributed by atoms with Crippen molar-refractivity contribution in [3.8, 4) is 22.6 Å². The molecule has 138 valence electrons. The van der Waals surface area contributed by atoms with Gasteiger partial charge in [-0.05, 0) is 60.9 Å². The van der Waals surface area contributed by atoms with E-state index in [-0.39, 0.29) is 5.97 Å². The van der Waals surface area contributed by atoms with Crippen LogP contribution in [-0.4, -0.2) is 12.6 Å². The summed E-state index contributed by atoms with van der Waals surface area (Å²) in [6.45, 7) is 4.88. The largest absolute Gasteiger partial charge is 0.494 e. The van der Waals surface area contributed by atoms with Crippen LogP contribution in [0.2, 0.25) is 0 Å². The predicted octanol–water partition coefficient (Wildman–Crippen LogP) is 6.06. The van der Waals surface area contributed by atoms with E-state index in [0.717, 1.165) is 41.9 Å². The molecule has 0 aromatic heterocycles. The number of aryl methyl sites for hydroxylation is 1. The van der Waals surface area contributed by atoms with Crippen LogP contribution < -0.4 is 9.47 Å². The Morgan fingerprint density at radius 1 is 0.778 bits per heavy atom. The van der Waals surface area contributed by atoms with Crippen molar-refractivity contribution < 1.29 is 14.3 Å². The molecule has 0 atom stereocenters. The van der Waals surface area contributed by atoms with E-state index in [0.29, 0.717) is 11.3 Å². The summed E-state index contributed by atoms with van der Waals surface area (Å²) in [5.41, 5.74) is 3.78. The van der Waals surface area contributed by atoms with E-state index in [9.17, 15) is 4.79 Å². The average Bonchev–Trinajstić information content (AvgIpc) is 2.70. The molecule has 0 saturated heterocycles. The third-order valence-electron chi connectivity index (χ3n) is 4.31. The number of esters is 1. The van der Waals surface area contributed by atoms with Gasteiger partial charge in [0.05, 0.1) is 12.2 Å². The molecular weight excluding hydrogens is 336 g/mol. The molecule has 3 aromatic rings. The van der Waals surface area contributed by atoms with Gasteiger partial charge in [-0.15, -0.1) is 0 Å². The highest BCUT2D eigenvalue weighted by Gasteiger charge is 2.09. The molecule has 3 nitrogen and oxygen atoms in total. The number of unbranched alkanes of at least 4 members (excludes halogenated alkanes) is 1. The van der Waals surface area contributed by atoms with Crippen LogP contribution in [0.3, 0.4) is 0 Å². The molecule has 0 unspecified atom stereocenters. The van der Waals surface area contributed by atoms with Crippen LogP contribution in [0.15, 0.2) is 72.8 Å². The molecule has 0 aliphatic carbocycles. The second kappa shape index (κ2) is 9.04. The molecule has 3 aromatic carbocycles. The maximum atomic E-state index is 12.3. The molecule has 0 aliphatic rings. The van der Waals surface area contributed by atoms with Gasteiger partial charge in [-0.2, -0.15) is 0 Å². The molecule has 0 bridgehead atoms. The molecule has 0 N–H and O–H groups in total. The van der Waals surface area contributed by atoms with Crippen molar-refractivity contribution in [2.45, 2.75) is 26.7 Å². The number of carbonyl (C=O) groups excluding carboxylic acids is 1. The van der Waals surface area contributed by atoms with E-state index in [4.69, 9.17) is 9.47 Å². The summed E-state index contributed by atoms with van der Waals surface area (Å²) >= 11 is 0. The minimum Gasteiger partial charge on any atom is -0.494 e. The summed E-state index contributed by atoms with van der Waals surface area (Å²) < 4.78 is 11.1. The van der Waals surface area contributed by atoms with Crippen LogP contribution >= 0.6 is 0 Å². The van der Waals surface area contributed by atoms with Gasteiger partial charge < -0.3 is 9.47 Å².